The molecule has 5 heteroatoms. The van der Waals surface area contributed by atoms with Crippen LogP contribution in [0.1, 0.15) is 18.2 Å². The molecule has 0 unspecified atom stereocenters. The van der Waals surface area contributed by atoms with Gasteiger partial charge in [-0.25, -0.2) is 0 Å². The van der Waals surface area contributed by atoms with Crippen molar-refractivity contribution >= 4 is 38.8 Å². The van der Waals surface area contributed by atoms with E-state index < -0.39 is 0 Å². The monoisotopic (exact) mass is 349 g/mol. The van der Waals surface area contributed by atoms with Gasteiger partial charge in [0.05, 0.1) is 12.2 Å². The van der Waals surface area contributed by atoms with E-state index in [9.17, 15) is 0 Å². The molecule has 0 amide bonds. The molecule has 20 heavy (non-hydrogen) atoms. The number of nitrogens with two attached hydrogens (primary N) is 1. The summed E-state index contributed by atoms with van der Waals surface area (Å²) in [5, 5.41) is 0. The van der Waals surface area contributed by atoms with Crippen molar-refractivity contribution in [1.82, 2.24) is 4.98 Å². The Kier molecular flexibility index (Phi) is 5.09. The van der Waals surface area contributed by atoms with E-state index in [2.05, 4.69) is 32.7 Å². The summed E-state index contributed by atoms with van der Waals surface area (Å²) in [5.74, 6) is 0. The van der Waals surface area contributed by atoms with Gasteiger partial charge in [0.25, 0.3) is 0 Å². The number of benzene rings is 1. The molecule has 0 saturated heterocycles. The van der Waals surface area contributed by atoms with E-state index in [1.165, 1.54) is 0 Å². The van der Waals surface area contributed by atoms with Gasteiger partial charge in [0.1, 0.15) is 4.99 Å². The zero-order valence-corrected chi connectivity index (χ0v) is 13.6. The number of thiocarbonyl (C=S) groups is 1. The Bertz CT molecular complexity index is 601. The van der Waals surface area contributed by atoms with Gasteiger partial charge in [-0.3, -0.25) is 4.98 Å². The first-order valence-electron chi connectivity index (χ1n) is 6.36. The van der Waals surface area contributed by atoms with Crippen LogP contribution in [-0.2, 0) is 6.54 Å². The lowest BCUT2D eigenvalue weighted by Gasteiger charge is -2.25. The Morgan fingerprint density at radius 1 is 1.30 bits per heavy atom. The highest BCUT2D eigenvalue weighted by atomic mass is 79.9. The van der Waals surface area contributed by atoms with Gasteiger partial charge in [0.15, 0.2) is 0 Å². The lowest BCUT2D eigenvalue weighted by atomic mass is 10.1. The highest BCUT2D eigenvalue weighted by Gasteiger charge is 2.15. The van der Waals surface area contributed by atoms with Gasteiger partial charge < -0.3 is 10.6 Å². The number of rotatable bonds is 5. The van der Waals surface area contributed by atoms with Crippen molar-refractivity contribution in [1.29, 1.82) is 0 Å². The van der Waals surface area contributed by atoms with Crippen LogP contribution in [0.3, 0.4) is 0 Å². The van der Waals surface area contributed by atoms with Gasteiger partial charge in [-0.15, -0.1) is 0 Å². The van der Waals surface area contributed by atoms with Crippen molar-refractivity contribution in [2.45, 2.75) is 13.5 Å². The molecule has 0 aliphatic carbocycles. The minimum absolute atomic E-state index is 0.395. The third-order valence-electron chi connectivity index (χ3n) is 3.04. The fraction of sp³-hybridized carbons (Fsp3) is 0.200. The molecule has 2 rings (SSSR count). The van der Waals surface area contributed by atoms with Crippen molar-refractivity contribution in [2.24, 2.45) is 5.73 Å². The topological polar surface area (TPSA) is 42.2 Å². The molecule has 3 nitrogen and oxygen atoms in total. The molecule has 0 aliphatic rings. The molecule has 0 aliphatic heterocycles. The molecule has 0 fully saturated rings. The lowest BCUT2D eigenvalue weighted by molar-refractivity contribution is 0.808. The summed E-state index contributed by atoms with van der Waals surface area (Å²) < 4.78 is 0.918. The fourth-order valence-electron chi connectivity index (χ4n) is 2.07. The first kappa shape index (κ1) is 14.9. The number of anilines is 1. The zero-order chi connectivity index (χ0) is 14.5. The molecular formula is C15H16BrN3S. The summed E-state index contributed by atoms with van der Waals surface area (Å²) in [6, 6.07) is 11.9. The number of hydrogen-bond acceptors (Lipinski definition) is 3. The third kappa shape index (κ3) is 3.35. The molecule has 104 valence electrons. The molecule has 1 aromatic heterocycles. The highest BCUT2D eigenvalue weighted by molar-refractivity contribution is 9.10. The Hall–Kier alpha value is -1.46. The van der Waals surface area contributed by atoms with Gasteiger partial charge in [0.2, 0.25) is 0 Å². The van der Waals surface area contributed by atoms with Crippen molar-refractivity contribution in [3.63, 3.8) is 0 Å². The van der Waals surface area contributed by atoms with Crippen LogP contribution in [-0.4, -0.2) is 16.5 Å². The van der Waals surface area contributed by atoms with Crippen LogP contribution in [0.15, 0.2) is 47.1 Å². The minimum Gasteiger partial charge on any atom is -0.389 e. The van der Waals surface area contributed by atoms with E-state index in [4.69, 9.17) is 18.0 Å². The molecule has 1 aromatic carbocycles. The third-order valence-corrected chi connectivity index (χ3v) is 3.90. The molecule has 0 atom stereocenters. The zero-order valence-electron chi connectivity index (χ0n) is 11.2. The Morgan fingerprint density at radius 2 is 2.10 bits per heavy atom. The molecule has 0 radical (unpaired) electrons. The minimum atomic E-state index is 0.395. The maximum atomic E-state index is 5.86. The van der Waals surface area contributed by atoms with Crippen molar-refractivity contribution in [3.8, 4) is 0 Å². The number of aromatic nitrogens is 1. The summed E-state index contributed by atoms with van der Waals surface area (Å²) in [6.07, 6.45) is 1.80. The van der Waals surface area contributed by atoms with E-state index in [1.807, 2.05) is 36.4 Å². The van der Waals surface area contributed by atoms with Crippen molar-refractivity contribution in [3.05, 3.63) is 58.3 Å². The molecule has 2 aromatic rings. The SMILES string of the molecule is CCN(Cc1ccccn1)c1cccc(Br)c1C(N)=S. The maximum Gasteiger partial charge on any atom is 0.107 e. The first-order chi connectivity index (χ1) is 9.63. The van der Waals surface area contributed by atoms with E-state index in [0.29, 0.717) is 4.99 Å². The first-order valence-corrected chi connectivity index (χ1v) is 7.56. The molecule has 0 bridgehead atoms. The highest BCUT2D eigenvalue weighted by Crippen LogP contribution is 2.28. The Morgan fingerprint density at radius 3 is 2.70 bits per heavy atom. The van der Waals surface area contributed by atoms with Crippen LogP contribution in [0, 0.1) is 0 Å². The summed E-state index contributed by atoms with van der Waals surface area (Å²) in [5.41, 5.74) is 8.78. The quantitative estimate of drug-likeness (QED) is 0.838. The van der Waals surface area contributed by atoms with Crippen molar-refractivity contribution in [2.75, 3.05) is 11.4 Å². The van der Waals surface area contributed by atoms with Crippen molar-refractivity contribution < 1.29 is 0 Å². The average molecular weight is 350 g/mol. The van der Waals surface area contributed by atoms with Crippen LogP contribution in [0.25, 0.3) is 0 Å². The smallest absolute Gasteiger partial charge is 0.107 e. The van der Waals surface area contributed by atoms with Crippen LogP contribution in [0.4, 0.5) is 5.69 Å². The standard InChI is InChI=1S/C15H16BrN3S/c1-2-19(10-11-6-3-4-9-18-11)13-8-5-7-12(16)14(13)15(17)20/h3-9H,2,10H2,1H3,(H2,17,20). The van der Waals surface area contributed by atoms with E-state index in [0.717, 1.165) is 34.5 Å². The number of nitrogens with zero attached hydrogens (tertiary/aromatic N) is 2. The van der Waals surface area contributed by atoms with Crippen LogP contribution in [0.2, 0.25) is 0 Å². The molecule has 0 saturated carbocycles. The lowest BCUT2D eigenvalue weighted by Crippen LogP contribution is -2.26. The van der Waals surface area contributed by atoms with Crippen LogP contribution < -0.4 is 10.6 Å². The summed E-state index contributed by atoms with van der Waals surface area (Å²) in [7, 11) is 0. The van der Waals surface area contributed by atoms with Gasteiger partial charge >= 0.3 is 0 Å². The number of pyridine rings is 1. The largest absolute Gasteiger partial charge is 0.389 e. The predicted octanol–water partition coefficient (Wildman–Crippen LogP) is 3.50. The van der Waals surface area contributed by atoms with E-state index in [1.54, 1.807) is 6.20 Å². The van der Waals surface area contributed by atoms with E-state index >= 15 is 0 Å². The molecule has 2 N–H and O–H groups in total. The number of halogens is 1. The second kappa shape index (κ2) is 6.81. The second-order valence-corrected chi connectivity index (χ2v) is 5.63. The maximum absolute atomic E-state index is 5.86. The Labute approximate surface area is 132 Å². The molecule has 0 spiro atoms. The van der Waals surface area contributed by atoms with Gasteiger partial charge in [-0.1, -0.05) is 24.4 Å². The van der Waals surface area contributed by atoms with Crippen LogP contribution in [0.5, 0.6) is 0 Å². The normalized spacial score (nSPS) is 10.3. The molecular weight excluding hydrogens is 334 g/mol. The van der Waals surface area contributed by atoms with Gasteiger partial charge in [-0.2, -0.15) is 0 Å². The van der Waals surface area contributed by atoms with Gasteiger partial charge in [-0.05, 0) is 47.1 Å². The van der Waals surface area contributed by atoms with Crippen LogP contribution >= 0.6 is 28.1 Å². The fourth-order valence-corrected chi connectivity index (χ4v) is 2.99. The predicted molar refractivity (Wildman–Crippen MR) is 91.0 cm³/mol. The Balaban J connectivity index is 2.37. The summed E-state index contributed by atoms with van der Waals surface area (Å²) in [6.45, 7) is 3.68. The summed E-state index contributed by atoms with van der Waals surface area (Å²) >= 11 is 8.70. The summed E-state index contributed by atoms with van der Waals surface area (Å²) in [4.78, 5) is 6.98. The van der Waals surface area contributed by atoms with E-state index in [-0.39, 0.29) is 0 Å². The average Bonchev–Trinajstić information content (AvgIpc) is 2.45. The number of hydrogen-bond donors (Lipinski definition) is 1. The van der Waals surface area contributed by atoms with Gasteiger partial charge in [0, 0.05) is 28.5 Å². The second-order valence-electron chi connectivity index (χ2n) is 4.33. The molecule has 1 heterocycles.